The normalized spacial score (nSPS) is 13.2. The summed E-state index contributed by atoms with van der Waals surface area (Å²) in [6.07, 6.45) is -0.651. The van der Waals surface area contributed by atoms with Crippen LogP contribution in [0.15, 0.2) is 12.2 Å². The third-order valence-corrected chi connectivity index (χ3v) is 2.01. The fourth-order valence-electron chi connectivity index (χ4n) is 0.991. The molecule has 0 aliphatic carbocycles. The van der Waals surface area contributed by atoms with Crippen LogP contribution in [0.25, 0.3) is 0 Å². The second-order valence-corrected chi connectivity index (χ2v) is 3.54. The molecule has 0 amide bonds. The Kier molecular flexibility index (Phi) is 7.64. The lowest BCUT2D eigenvalue weighted by atomic mass is 10.4. The summed E-state index contributed by atoms with van der Waals surface area (Å²) in [5.74, 6) is -3.31. The topological polar surface area (TPSA) is 105 Å². The molecular formula is C12H16O8. The Balaban J connectivity index is 4.28. The number of esters is 4. The summed E-state index contributed by atoms with van der Waals surface area (Å²) in [6.45, 7) is 2.63. The van der Waals surface area contributed by atoms with E-state index in [1.165, 1.54) is 13.8 Å². The maximum atomic E-state index is 11.2. The van der Waals surface area contributed by atoms with Crippen LogP contribution in [-0.2, 0) is 38.1 Å². The molecule has 0 heterocycles. The molecule has 8 nitrogen and oxygen atoms in total. The van der Waals surface area contributed by atoms with E-state index in [0.717, 1.165) is 26.4 Å². The summed E-state index contributed by atoms with van der Waals surface area (Å²) in [6, 6.07) is 0. The molecule has 0 aromatic heterocycles. The highest BCUT2D eigenvalue weighted by Gasteiger charge is 2.18. The summed E-state index contributed by atoms with van der Waals surface area (Å²) >= 11 is 0. The average molecular weight is 288 g/mol. The molecule has 0 radical (unpaired) electrons. The predicted octanol–water partition coefficient (Wildman–Crippen LogP) is -0.248. The van der Waals surface area contributed by atoms with Crippen LogP contribution in [0.2, 0.25) is 0 Å². The van der Waals surface area contributed by atoms with Gasteiger partial charge < -0.3 is 18.9 Å². The molecule has 0 spiro atoms. The largest absolute Gasteiger partial charge is 0.466 e. The second-order valence-electron chi connectivity index (χ2n) is 3.54. The maximum absolute atomic E-state index is 11.2. The number of hydrogen-bond acceptors (Lipinski definition) is 8. The summed E-state index contributed by atoms with van der Waals surface area (Å²) in [5.41, 5.74) is 0. The summed E-state index contributed by atoms with van der Waals surface area (Å²) in [5, 5.41) is 0. The summed E-state index contributed by atoms with van der Waals surface area (Å²) in [7, 11) is 2.29. The van der Waals surface area contributed by atoms with Crippen molar-refractivity contribution in [3.63, 3.8) is 0 Å². The number of carbonyl (C=O) groups is 4. The van der Waals surface area contributed by atoms with E-state index in [1.807, 2.05) is 0 Å². The van der Waals surface area contributed by atoms with Crippen LogP contribution in [0.4, 0.5) is 0 Å². The molecule has 0 N–H and O–H groups in total. The quantitative estimate of drug-likeness (QED) is 0.374. The minimum Gasteiger partial charge on any atom is -0.466 e. The zero-order chi connectivity index (χ0) is 15.7. The first kappa shape index (κ1) is 17.6. The highest BCUT2D eigenvalue weighted by atomic mass is 16.6. The van der Waals surface area contributed by atoms with Crippen molar-refractivity contribution in [3.8, 4) is 0 Å². The Morgan fingerprint density at radius 3 is 1.30 bits per heavy atom. The van der Waals surface area contributed by atoms with E-state index in [4.69, 9.17) is 0 Å². The van der Waals surface area contributed by atoms with E-state index in [0.29, 0.717) is 0 Å². The zero-order valence-electron chi connectivity index (χ0n) is 11.6. The molecule has 2 unspecified atom stereocenters. The van der Waals surface area contributed by atoms with Gasteiger partial charge in [0.15, 0.2) is 12.2 Å². The van der Waals surface area contributed by atoms with Crippen LogP contribution in [0, 0.1) is 0 Å². The predicted molar refractivity (Wildman–Crippen MR) is 64.3 cm³/mol. The van der Waals surface area contributed by atoms with Gasteiger partial charge in [-0.25, -0.2) is 19.2 Å². The third-order valence-electron chi connectivity index (χ3n) is 2.01. The van der Waals surface area contributed by atoms with Crippen molar-refractivity contribution in [1.29, 1.82) is 0 Å². The number of methoxy groups -OCH3 is 2. The fraction of sp³-hybridized carbons (Fsp3) is 0.500. The standard InChI is InChI=1S/C12H16O8/c1-7(11(15)17-3)19-9(13)5-6-10(14)20-8(2)12(16)18-4/h5-8H,1-4H3/b6-5-. The van der Waals surface area contributed by atoms with Gasteiger partial charge >= 0.3 is 23.9 Å². The molecule has 2 atom stereocenters. The smallest absolute Gasteiger partial charge is 0.346 e. The first-order chi connectivity index (χ1) is 9.31. The minimum atomic E-state index is -1.10. The Morgan fingerprint density at radius 2 is 1.05 bits per heavy atom. The van der Waals surface area contributed by atoms with Gasteiger partial charge in [0.25, 0.3) is 0 Å². The maximum Gasteiger partial charge on any atom is 0.346 e. The van der Waals surface area contributed by atoms with Gasteiger partial charge in [0.2, 0.25) is 0 Å². The average Bonchev–Trinajstić information content (AvgIpc) is 2.42. The van der Waals surface area contributed by atoms with Gasteiger partial charge in [-0.1, -0.05) is 0 Å². The van der Waals surface area contributed by atoms with Gasteiger partial charge in [0, 0.05) is 12.2 Å². The van der Waals surface area contributed by atoms with E-state index >= 15 is 0 Å². The first-order valence-electron chi connectivity index (χ1n) is 5.56. The highest BCUT2D eigenvalue weighted by molar-refractivity contribution is 5.93. The Bertz CT molecular complexity index is 374. The van der Waals surface area contributed by atoms with Crippen molar-refractivity contribution >= 4 is 23.9 Å². The van der Waals surface area contributed by atoms with Crippen molar-refractivity contribution < 1.29 is 38.1 Å². The van der Waals surface area contributed by atoms with Gasteiger partial charge in [0.1, 0.15) is 0 Å². The van der Waals surface area contributed by atoms with Crippen molar-refractivity contribution in [3.05, 3.63) is 12.2 Å². The zero-order valence-corrected chi connectivity index (χ0v) is 11.6. The molecule has 0 saturated heterocycles. The molecule has 0 aromatic rings. The van der Waals surface area contributed by atoms with Gasteiger partial charge in [-0.2, -0.15) is 0 Å². The van der Waals surface area contributed by atoms with Crippen LogP contribution in [-0.4, -0.2) is 50.3 Å². The summed E-state index contributed by atoms with van der Waals surface area (Å²) in [4.78, 5) is 44.4. The van der Waals surface area contributed by atoms with E-state index < -0.39 is 36.1 Å². The van der Waals surface area contributed by atoms with Crippen LogP contribution in [0.1, 0.15) is 13.8 Å². The SMILES string of the molecule is COC(=O)C(C)OC(=O)/C=C\C(=O)OC(C)C(=O)OC. The lowest BCUT2D eigenvalue weighted by molar-refractivity contribution is -0.162. The Morgan fingerprint density at radius 1 is 0.750 bits per heavy atom. The molecule has 112 valence electrons. The Hall–Kier alpha value is -2.38. The molecule has 0 aliphatic rings. The van der Waals surface area contributed by atoms with E-state index in [-0.39, 0.29) is 0 Å². The van der Waals surface area contributed by atoms with E-state index in [2.05, 4.69) is 18.9 Å². The molecule has 0 rings (SSSR count). The van der Waals surface area contributed by atoms with Gasteiger partial charge in [-0.15, -0.1) is 0 Å². The van der Waals surface area contributed by atoms with Gasteiger partial charge in [-0.3, -0.25) is 0 Å². The minimum absolute atomic E-state index is 0.728. The van der Waals surface area contributed by atoms with Crippen molar-refractivity contribution in [2.24, 2.45) is 0 Å². The Labute approximate surface area is 115 Å². The van der Waals surface area contributed by atoms with Crippen LogP contribution in [0.3, 0.4) is 0 Å². The number of ether oxygens (including phenoxy) is 4. The molecule has 0 saturated carbocycles. The first-order valence-corrected chi connectivity index (χ1v) is 5.56. The monoisotopic (exact) mass is 288 g/mol. The molecule has 8 heteroatoms. The molecule has 0 bridgehead atoms. The second kappa shape index (κ2) is 8.68. The molecule has 0 aliphatic heterocycles. The van der Waals surface area contributed by atoms with Crippen molar-refractivity contribution in [1.82, 2.24) is 0 Å². The van der Waals surface area contributed by atoms with Crippen LogP contribution < -0.4 is 0 Å². The molecular weight excluding hydrogens is 272 g/mol. The van der Waals surface area contributed by atoms with E-state index in [1.54, 1.807) is 0 Å². The van der Waals surface area contributed by atoms with Crippen LogP contribution >= 0.6 is 0 Å². The number of carbonyl (C=O) groups excluding carboxylic acids is 4. The van der Waals surface area contributed by atoms with Crippen molar-refractivity contribution in [2.45, 2.75) is 26.1 Å². The lowest BCUT2D eigenvalue weighted by Gasteiger charge is -2.09. The highest BCUT2D eigenvalue weighted by Crippen LogP contribution is 1.98. The molecule has 0 fully saturated rings. The molecule has 0 aromatic carbocycles. The lowest BCUT2D eigenvalue weighted by Crippen LogP contribution is -2.25. The van der Waals surface area contributed by atoms with Gasteiger partial charge in [0.05, 0.1) is 14.2 Å². The van der Waals surface area contributed by atoms with Crippen molar-refractivity contribution in [2.75, 3.05) is 14.2 Å². The number of hydrogen-bond donors (Lipinski definition) is 0. The summed E-state index contributed by atoms with van der Waals surface area (Å²) < 4.78 is 17.9. The van der Waals surface area contributed by atoms with Crippen LogP contribution in [0.5, 0.6) is 0 Å². The molecule has 20 heavy (non-hydrogen) atoms. The van der Waals surface area contributed by atoms with E-state index in [9.17, 15) is 19.2 Å². The third kappa shape index (κ3) is 6.53. The van der Waals surface area contributed by atoms with Gasteiger partial charge in [-0.05, 0) is 13.8 Å². The fourth-order valence-corrected chi connectivity index (χ4v) is 0.991. The number of rotatable bonds is 6.